The van der Waals surface area contributed by atoms with E-state index < -0.39 is 0 Å². The minimum absolute atomic E-state index is 0.512. The Labute approximate surface area is 119 Å². The lowest BCUT2D eigenvalue weighted by Crippen LogP contribution is -2.17. The maximum Gasteiger partial charge on any atom is 0.161 e. The normalized spacial score (nSPS) is 10.8. The van der Waals surface area contributed by atoms with Gasteiger partial charge in [0.2, 0.25) is 0 Å². The van der Waals surface area contributed by atoms with E-state index >= 15 is 0 Å². The van der Waals surface area contributed by atoms with Gasteiger partial charge >= 0.3 is 0 Å². The van der Waals surface area contributed by atoms with E-state index in [1.807, 2.05) is 18.4 Å². The van der Waals surface area contributed by atoms with Gasteiger partial charge in [-0.2, -0.15) is 5.48 Å². The second kappa shape index (κ2) is 8.30. The van der Waals surface area contributed by atoms with E-state index in [0.717, 1.165) is 22.0 Å². The summed E-state index contributed by atoms with van der Waals surface area (Å²) in [5.41, 5.74) is 4.12. The molecule has 0 radical (unpaired) electrons. The Morgan fingerprint density at radius 3 is 2.32 bits per heavy atom. The SMILES string of the molecule is COc1cc(CNOCC(C)C)c(SC)cc1OC. The van der Waals surface area contributed by atoms with Gasteiger partial charge in [-0.25, -0.2) is 0 Å². The molecule has 0 spiro atoms. The van der Waals surface area contributed by atoms with Crippen LogP contribution in [-0.2, 0) is 11.4 Å². The number of rotatable bonds is 8. The highest BCUT2D eigenvalue weighted by Crippen LogP contribution is 2.34. The van der Waals surface area contributed by atoms with Crippen molar-refractivity contribution >= 4 is 11.8 Å². The Balaban J connectivity index is 2.75. The summed E-state index contributed by atoms with van der Waals surface area (Å²) in [6.07, 6.45) is 2.04. The van der Waals surface area contributed by atoms with Crippen molar-refractivity contribution in [3.63, 3.8) is 0 Å². The summed E-state index contributed by atoms with van der Waals surface area (Å²) in [5.74, 6) is 2.00. The van der Waals surface area contributed by atoms with Gasteiger partial charge in [-0.3, -0.25) is 0 Å². The standard InChI is InChI=1S/C14H23NO3S/c1-10(2)9-18-15-8-11-6-12(16-3)13(17-4)7-14(11)19-5/h6-7,10,15H,8-9H2,1-5H3. The lowest BCUT2D eigenvalue weighted by atomic mass is 10.2. The van der Waals surface area contributed by atoms with Gasteiger partial charge in [0.15, 0.2) is 11.5 Å². The van der Waals surface area contributed by atoms with Crippen LogP contribution in [0.3, 0.4) is 0 Å². The molecule has 0 saturated carbocycles. The topological polar surface area (TPSA) is 39.7 Å². The fourth-order valence-electron chi connectivity index (χ4n) is 1.58. The van der Waals surface area contributed by atoms with Crippen molar-refractivity contribution in [1.82, 2.24) is 5.48 Å². The molecule has 19 heavy (non-hydrogen) atoms. The van der Waals surface area contributed by atoms with Crippen LogP contribution in [0, 0.1) is 5.92 Å². The van der Waals surface area contributed by atoms with Crippen LogP contribution < -0.4 is 15.0 Å². The van der Waals surface area contributed by atoms with Crippen LogP contribution in [0.2, 0.25) is 0 Å². The van der Waals surface area contributed by atoms with Gasteiger partial charge in [0.25, 0.3) is 0 Å². The molecular weight excluding hydrogens is 262 g/mol. The molecule has 0 aliphatic carbocycles. The average molecular weight is 285 g/mol. The highest BCUT2D eigenvalue weighted by molar-refractivity contribution is 7.98. The van der Waals surface area contributed by atoms with Crippen LogP contribution in [0.1, 0.15) is 19.4 Å². The number of hydrogen-bond donors (Lipinski definition) is 1. The lowest BCUT2D eigenvalue weighted by Gasteiger charge is -2.14. The molecular formula is C14H23NO3S. The van der Waals surface area contributed by atoms with Gasteiger partial charge in [-0.15, -0.1) is 11.8 Å². The smallest absolute Gasteiger partial charge is 0.161 e. The van der Waals surface area contributed by atoms with E-state index in [-0.39, 0.29) is 0 Å². The molecule has 5 heteroatoms. The highest BCUT2D eigenvalue weighted by Gasteiger charge is 2.10. The molecule has 0 bridgehead atoms. The maximum atomic E-state index is 5.40. The van der Waals surface area contributed by atoms with Crippen LogP contribution in [-0.4, -0.2) is 27.1 Å². The van der Waals surface area contributed by atoms with Crippen molar-refractivity contribution in [3.05, 3.63) is 17.7 Å². The quantitative estimate of drug-likeness (QED) is 0.451. The van der Waals surface area contributed by atoms with Crippen LogP contribution in [0.5, 0.6) is 11.5 Å². The summed E-state index contributed by atoms with van der Waals surface area (Å²) in [5, 5.41) is 0. The van der Waals surface area contributed by atoms with Crippen LogP contribution in [0.15, 0.2) is 17.0 Å². The number of ether oxygens (including phenoxy) is 2. The number of hydroxylamine groups is 1. The van der Waals surface area contributed by atoms with E-state index in [4.69, 9.17) is 14.3 Å². The van der Waals surface area contributed by atoms with Crippen molar-refractivity contribution in [2.24, 2.45) is 5.92 Å². The van der Waals surface area contributed by atoms with Crippen LogP contribution >= 0.6 is 11.8 Å². The molecule has 1 rings (SSSR count). The van der Waals surface area contributed by atoms with E-state index in [9.17, 15) is 0 Å². The molecule has 0 aromatic heterocycles. The molecule has 0 aliphatic rings. The number of hydrogen-bond acceptors (Lipinski definition) is 5. The molecule has 1 aromatic rings. The minimum Gasteiger partial charge on any atom is -0.493 e. The molecule has 0 unspecified atom stereocenters. The van der Waals surface area contributed by atoms with E-state index in [1.165, 1.54) is 0 Å². The third-order valence-electron chi connectivity index (χ3n) is 2.57. The van der Waals surface area contributed by atoms with Crippen molar-refractivity contribution in [2.45, 2.75) is 25.3 Å². The molecule has 4 nitrogen and oxygen atoms in total. The number of thioether (sulfide) groups is 1. The Kier molecular flexibility index (Phi) is 7.05. The first kappa shape index (κ1) is 16.1. The third-order valence-corrected chi connectivity index (χ3v) is 3.39. The largest absolute Gasteiger partial charge is 0.493 e. The Bertz CT molecular complexity index is 397. The fourth-order valence-corrected chi connectivity index (χ4v) is 2.20. The predicted molar refractivity (Wildman–Crippen MR) is 79.0 cm³/mol. The van der Waals surface area contributed by atoms with Gasteiger partial charge < -0.3 is 14.3 Å². The molecule has 0 amide bonds. The van der Waals surface area contributed by atoms with Gasteiger partial charge in [0.1, 0.15) is 0 Å². The Morgan fingerprint density at radius 2 is 1.79 bits per heavy atom. The molecule has 0 atom stereocenters. The highest BCUT2D eigenvalue weighted by atomic mass is 32.2. The molecule has 1 N–H and O–H groups in total. The lowest BCUT2D eigenvalue weighted by molar-refractivity contribution is 0.0192. The second-order valence-electron chi connectivity index (χ2n) is 4.55. The van der Waals surface area contributed by atoms with Crippen molar-refractivity contribution in [2.75, 3.05) is 27.1 Å². The predicted octanol–water partition coefficient (Wildman–Crippen LogP) is 3.10. The summed E-state index contributed by atoms with van der Waals surface area (Å²) < 4.78 is 10.6. The number of nitrogens with one attached hydrogen (secondary N) is 1. The second-order valence-corrected chi connectivity index (χ2v) is 5.39. The summed E-state index contributed by atoms with van der Waals surface area (Å²) >= 11 is 1.68. The summed E-state index contributed by atoms with van der Waals surface area (Å²) in [6, 6.07) is 3.97. The molecule has 0 fully saturated rings. The zero-order chi connectivity index (χ0) is 14.3. The molecule has 0 saturated heterocycles. The van der Waals surface area contributed by atoms with Crippen molar-refractivity contribution in [3.8, 4) is 11.5 Å². The van der Waals surface area contributed by atoms with Gasteiger partial charge in [-0.05, 0) is 29.9 Å². The average Bonchev–Trinajstić information content (AvgIpc) is 2.42. The van der Waals surface area contributed by atoms with E-state index in [2.05, 4.69) is 19.3 Å². The Morgan fingerprint density at radius 1 is 1.16 bits per heavy atom. The number of benzene rings is 1. The summed E-state index contributed by atoms with van der Waals surface area (Å²) in [4.78, 5) is 6.55. The zero-order valence-electron chi connectivity index (χ0n) is 12.3. The van der Waals surface area contributed by atoms with Gasteiger partial charge in [0, 0.05) is 11.4 Å². The molecule has 108 valence electrons. The molecule has 0 aliphatic heterocycles. The maximum absolute atomic E-state index is 5.40. The zero-order valence-corrected chi connectivity index (χ0v) is 13.1. The van der Waals surface area contributed by atoms with E-state index in [0.29, 0.717) is 19.1 Å². The first-order chi connectivity index (χ1) is 9.12. The molecule has 1 aromatic carbocycles. The van der Waals surface area contributed by atoms with Gasteiger partial charge in [-0.1, -0.05) is 13.8 Å². The monoisotopic (exact) mass is 285 g/mol. The third kappa shape index (κ3) is 4.93. The van der Waals surface area contributed by atoms with E-state index in [1.54, 1.807) is 26.0 Å². The fraction of sp³-hybridized carbons (Fsp3) is 0.571. The summed E-state index contributed by atoms with van der Waals surface area (Å²) in [6.45, 7) is 5.57. The Hall–Kier alpha value is -0.910. The van der Waals surface area contributed by atoms with Gasteiger partial charge in [0.05, 0.1) is 20.8 Å². The molecule has 0 heterocycles. The van der Waals surface area contributed by atoms with Crippen molar-refractivity contribution < 1.29 is 14.3 Å². The summed E-state index contributed by atoms with van der Waals surface area (Å²) in [7, 11) is 3.29. The van der Waals surface area contributed by atoms with Crippen LogP contribution in [0.25, 0.3) is 0 Å². The van der Waals surface area contributed by atoms with Crippen LogP contribution in [0.4, 0.5) is 0 Å². The number of methoxy groups -OCH3 is 2. The van der Waals surface area contributed by atoms with Crippen molar-refractivity contribution in [1.29, 1.82) is 0 Å². The first-order valence-electron chi connectivity index (χ1n) is 6.25. The first-order valence-corrected chi connectivity index (χ1v) is 7.48. The minimum atomic E-state index is 0.512.